The summed E-state index contributed by atoms with van der Waals surface area (Å²) >= 11 is 0. The average molecular weight is 479 g/mol. The number of ether oxygens (including phenoxy) is 2. The van der Waals surface area contributed by atoms with Crippen molar-refractivity contribution in [3.63, 3.8) is 0 Å². The van der Waals surface area contributed by atoms with E-state index in [9.17, 15) is 4.79 Å². The molecular formula is C29H26N4O3. The van der Waals surface area contributed by atoms with E-state index in [4.69, 9.17) is 15.9 Å². The van der Waals surface area contributed by atoms with Gasteiger partial charge in [-0.25, -0.2) is 9.78 Å². The molecular weight excluding hydrogens is 452 g/mol. The lowest BCUT2D eigenvalue weighted by Gasteiger charge is -2.14. The summed E-state index contributed by atoms with van der Waals surface area (Å²) in [4.78, 5) is 20.5. The van der Waals surface area contributed by atoms with E-state index in [-0.39, 0.29) is 6.10 Å². The van der Waals surface area contributed by atoms with E-state index in [0.717, 1.165) is 53.4 Å². The Morgan fingerprint density at radius 1 is 1.14 bits per heavy atom. The largest absolute Gasteiger partial charge is 0.446 e. The second kappa shape index (κ2) is 9.04. The van der Waals surface area contributed by atoms with Crippen molar-refractivity contribution in [1.29, 1.82) is 0 Å². The summed E-state index contributed by atoms with van der Waals surface area (Å²) in [5.41, 5.74) is 4.56. The zero-order chi connectivity index (χ0) is 24.6. The van der Waals surface area contributed by atoms with Gasteiger partial charge in [0.05, 0.1) is 23.0 Å². The Morgan fingerprint density at radius 3 is 2.61 bits per heavy atom. The second-order valence-electron chi connectivity index (χ2n) is 9.44. The van der Waals surface area contributed by atoms with Crippen molar-refractivity contribution in [2.45, 2.75) is 44.8 Å². The van der Waals surface area contributed by atoms with Gasteiger partial charge in [0, 0.05) is 35.6 Å². The zero-order valence-electron chi connectivity index (χ0n) is 20.0. The Kier molecular flexibility index (Phi) is 5.57. The topological polar surface area (TPSA) is 78.3 Å². The number of rotatable bonds is 7. The summed E-state index contributed by atoms with van der Waals surface area (Å²) in [6.45, 7) is 1.95. The van der Waals surface area contributed by atoms with Gasteiger partial charge >= 0.3 is 6.09 Å². The first-order valence-electron chi connectivity index (χ1n) is 12.3. The number of nitrogens with zero attached hydrogens (tertiary/aromatic N) is 3. The fraction of sp³-hybridized carbons (Fsp3) is 0.276. The van der Waals surface area contributed by atoms with Crippen LogP contribution in [-0.2, 0) is 4.74 Å². The first-order chi connectivity index (χ1) is 17.6. The maximum absolute atomic E-state index is 12.3. The first kappa shape index (κ1) is 22.2. The number of fused-ring (bicyclic) bond motifs is 1. The number of anilines is 1. The van der Waals surface area contributed by atoms with Crippen LogP contribution in [0.25, 0.3) is 22.2 Å². The van der Waals surface area contributed by atoms with Gasteiger partial charge in [-0.05, 0) is 68.4 Å². The number of amides is 1. The molecule has 2 aliphatic carbocycles. The number of nitrogens with one attached hydrogen (secondary N) is 1. The third-order valence-electron chi connectivity index (χ3n) is 6.78. The minimum absolute atomic E-state index is 0.0560. The van der Waals surface area contributed by atoms with E-state index >= 15 is 0 Å². The van der Waals surface area contributed by atoms with E-state index in [0.29, 0.717) is 29.3 Å². The Bertz CT molecular complexity index is 1460. The highest BCUT2D eigenvalue weighted by Gasteiger charge is 2.31. The van der Waals surface area contributed by atoms with E-state index in [1.165, 1.54) is 0 Å². The smallest absolute Gasteiger partial charge is 0.411 e. The molecule has 0 radical (unpaired) electrons. The molecule has 7 heteroatoms. The Morgan fingerprint density at radius 2 is 1.94 bits per heavy atom. The minimum atomic E-state index is -0.422. The van der Waals surface area contributed by atoms with Gasteiger partial charge < -0.3 is 14.0 Å². The quantitative estimate of drug-likeness (QED) is 0.305. The van der Waals surface area contributed by atoms with E-state index in [1.54, 1.807) is 18.6 Å². The van der Waals surface area contributed by atoms with Crippen LogP contribution in [0.15, 0.2) is 61.1 Å². The highest BCUT2D eigenvalue weighted by molar-refractivity contribution is 5.96. The van der Waals surface area contributed by atoms with Crippen molar-refractivity contribution in [2.24, 2.45) is 5.92 Å². The second-order valence-corrected chi connectivity index (χ2v) is 9.44. The maximum atomic E-state index is 12.3. The van der Waals surface area contributed by atoms with Gasteiger partial charge in [-0.15, -0.1) is 6.42 Å². The van der Waals surface area contributed by atoms with Gasteiger partial charge in [-0.3, -0.25) is 10.3 Å². The highest BCUT2D eigenvalue weighted by Crippen LogP contribution is 2.45. The number of hydrogen-bond acceptors (Lipinski definition) is 5. The van der Waals surface area contributed by atoms with Crippen LogP contribution in [-0.4, -0.2) is 26.7 Å². The van der Waals surface area contributed by atoms with E-state index < -0.39 is 6.09 Å². The van der Waals surface area contributed by atoms with Gasteiger partial charge in [0.2, 0.25) is 5.88 Å². The molecule has 4 aromatic rings. The molecule has 180 valence electrons. The van der Waals surface area contributed by atoms with Gasteiger partial charge in [-0.2, -0.15) is 0 Å². The molecule has 0 bridgehead atoms. The molecule has 6 rings (SSSR count). The molecule has 36 heavy (non-hydrogen) atoms. The SMILES string of the molecule is C#Cc1c(-c2ccc(NC(=O)O[C@H](C)C3CC3)cc2)n(C2CC2)c2cc(Oc3cnccn3)ccc12. The molecule has 2 aromatic carbocycles. The lowest BCUT2D eigenvalue weighted by molar-refractivity contribution is 0.108. The molecule has 2 aliphatic rings. The van der Waals surface area contributed by atoms with Crippen LogP contribution < -0.4 is 10.1 Å². The lowest BCUT2D eigenvalue weighted by Crippen LogP contribution is -2.21. The monoisotopic (exact) mass is 478 g/mol. The van der Waals surface area contributed by atoms with Gasteiger partial charge in [-0.1, -0.05) is 18.1 Å². The molecule has 2 heterocycles. The molecule has 1 amide bonds. The fourth-order valence-corrected chi connectivity index (χ4v) is 4.64. The van der Waals surface area contributed by atoms with Crippen LogP contribution in [0.3, 0.4) is 0 Å². The van der Waals surface area contributed by atoms with Crippen molar-refractivity contribution in [3.8, 4) is 35.2 Å². The number of carbonyl (C=O) groups is 1. The van der Waals surface area contributed by atoms with Crippen molar-refractivity contribution in [2.75, 3.05) is 5.32 Å². The fourth-order valence-electron chi connectivity index (χ4n) is 4.64. The van der Waals surface area contributed by atoms with E-state index in [2.05, 4.69) is 25.8 Å². The Hall–Kier alpha value is -4.31. The summed E-state index contributed by atoms with van der Waals surface area (Å²) in [6, 6.07) is 14.1. The predicted molar refractivity (Wildman–Crippen MR) is 138 cm³/mol. The summed E-state index contributed by atoms with van der Waals surface area (Å²) in [5.74, 6) is 4.53. The maximum Gasteiger partial charge on any atom is 0.411 e. The summed E-state index contributed by atoms with van der Waals surface area (Å²) in [5, 5.41) is 3.84. The van der Waals surface area contributed by atoms with Crippen LogP contribution in [0.4, 0.5) is 10.5 Å². The van der Waals surface area contributed by atoms with Gasteiger partial charge in [0.15, 0.2) is 0 Å². The molecule has 2 saturated carbocycles. The molecule has 0 spiro atoms. The third kappa shape index (κ3) is 4.38. The number of hydrogen-bond donors (Lipinski definition) is 1. The minimum Gasteiger partial charge on any atom is -0.446 e. The van der Waals surface area contributed by atoms with Gasteiger partial charge in [0.25, 0.3) is 0 Å². The predicted octanol–water partition coefficient (Wildman–Crippen LogP) is 6.55. The van der Waals surface area contributed by atoms with Crippen molar-refractivity contribution < 1.29 is 14.3 Å². The van der Waals surface area contributed by atoms with Crippen LogP contribution >= 0.6 is 0 Å². The van der Waals surface area contributed by atoms with E-state index in [1.807, 2.05) is 49.4 Å². The molecule has 1 atom stereocenters. The van der Waals surface area contributed by atoms with Crippen LogP contribution in [0.1, 0.15) is 44.2 Å². The Labute approximate surface area is 209 Å². The number of aromatic nitrogens is 3. The summed E-state index contributed by atoms with van der Waals surface area (Å²) in [7, 11) is 0. The summed E-state index contributed by atoms with van der Waals surface area (Å²) in [6.07, 6.45) is 14.8. The van der Waals surface area contributed by atoms with Gasteiger partial charge in [0.1, 0.15) is 11.9 Å². The molecule has 1 N–H and O–H groups in total. The van der Waals surface area contributed by atoms with Crippen molar-refractivity contribution >= 4 is 22.7 Å². The Balaban J connectivity index is 1.32. The van der Waals surface area contributed by atoms with Crippen LogP contribution in [0.2, 0.25) is 0 Å². The lowest BCUT2D eigenvalue weighted by atomic mass is 10.1. The molecule has 0 unspecified atom stereocenters. The first-order valence-corrected chi connectivity index (χ1v) is 12.3. The molecule has 7 nitrogen and oxygen atoms in total. The molecule has 0 aliphatic heterocycles. The van der Waals surface area contributed by atoms with Crippen LogP contribution in [0.5, 0.6) is 11.6 Å². The van der Waals surface area contributed by atoms with Crippen molar-refractivity contribution in [1.82, 2.24) is 14.5 Å². The number of carbonyl (C=O) groups excluding carboxylic acids is 1. The molecule has 0 saturated heterocycles. The molecule has 2 aromatic heterocycles. The third-order valence-corrected chi connectivity index (χ3v) is 6.78. The number of benzene rings is 2. The highest BCUT2D eigenvalue weighted by atomic mass is 16.6. The molecule has 2 fully saturated rings. The summed E-state index contributed by atoms with van der Waals surface area (Å²) < 4.78 is 13.7. The normalized spacial score (nSPS) is 15.8. The number of terminal acetylenes is 1. The standard InChI is InChI=1S/C29H26N4O3/c1-3-24-25-13-12-23(36-27-17-30-14-15-31-27)16-26(25)33(22-10-11-22)28(24)20-6-8-21(9-7-20)32-29(34)35-18(2)19-4-5-19/h1,6-9,12-19,22H,4-5,10-11H2,2H3,(H,32,34)/t18-/m1/s1. The average Bonchev–Trinajstić information content (AvgIpc) is 3.81. The van der Waals surface area contributed by atoms with Crippen molar-refractivity contribution in [3.05, 3.63) is 66.6 Å². The zero-order valence-corrected chi connectivity index (χ0v) is 20.0. The van der Waals surface area contributed by atoms with Crippen LogP contribution in [0, 0.1) is 18.3 Å².